The highest BCUT2D eigenvalue weighted by atomic mass is 16.6. The van der Waals surface area contributed by atoms with Crippen LogP contribution in [-0.4, -0.2) is 17.7 Å². The zero-order chi connectivity index (χ0) is 22.4. The van der Waals surface area contributed by atoms with E-state index in [0.717, 1.165) is 18.7 Å². The molecule has 0 spiro atoms. The maximum Gasteiger partial charge on any atom is 0.335 e. The van der Waals surface area contributed by atoms with Crippen molar-refractivity contribution in [1.29, 1.82) is 0 Å². The Bertz CT molecular complexity index is 646. The largest absolute Gasteiger partial charge is 0.478 e. The minimum atomic E-state index is -0.879. The number of unbranched alkanes of at least 4 members (excludes halogenated alkanes) is 11. The minimum Gasteiger partial charge on any atom is -0.478 e. The molecule has 0 aromatic heterocycles. The summed E-state index contributed by atoms with van der Waals surface area (Å²) < 4.78 is 0. The maximum atomic E-state index is 10.2. The predicted octanol–water partition coefficient (Wildman–Crippen LogP) is 8.12. The van der Waals surface area contributed by atoms with Crippen LogP contribution in [0.1, 0.15) is 94.3 Å². The number of hydrogen-bond acceptors (Lipinski definition) is 3. The Morgan fingerprint density at radius 3 is 1.61 bits per heavy atom. The molecule has 0 aliphatic heterocycles. The van der Waals surface area contributed by atoms with Crippen LogP contribution < -0.4 is 5.48 Å². The Morgan fingerprint density at radius 1 is 0.710 bits per heavy atom. The molecular weight excluding hydrogens is 386 g/mol. The molecule has 0 bridgehead atoms. The summed E-state index contributed by atoms with van der Waals surface area (Å²) >= 11 is 0. The van der Waals surface area contributed by atoms with Crippen LogP contribution in [0.15, 0.2) is 60.7 Å². The van der Waals surface area contributed by atoms with E-state index in [1.165, 1.54) is 70.6 Å². The lowest BCUT2D eigenvalue weighted by atomic mass is 10.1. The van der Waals surface area contributed by atoms with Crippen LogP contribution in [0, 0.1) is 0 Å². The van der Waals surface area contributed by atoms with Crippen LogP contribution in [0.3, 0.4) is 0 Å². The number of carboxylic acids is 1. The summed E-state index contributed by atoms with van der Waals surface area (Å²) in [4.78, 5) is 15.7. The van der Waals surface area contributed by atoms with Crippen molar-refractivity contribution in [3.05, 3.63) is 66.2 Å². The zero-order valence-electron chi connectivity index (χ0n) is 19.2. The van der Waals surface area contributed by atoms with Crippen LogP contribution in [0.25, 0.3) is 0 Å². The van der Waals surface area contributed by atoms with Gasteiger partial charge in [-0.25, -0.2) is 4.79 Å². The lowest BCUT2D eigenvalue weighted by Gasteiger charge is -2.06. The maximum absolute atomic E-state index is 10.2. The van der Waals surface area contributed by atoms with Gasteiger partial charge in [-0.15, -0.1) is 0 Å². The van der Waals surface area contributed by atoms with E-state index in [1.807, 2.05) is 30.3 Å². The van der Waals surface area contributed by atoms with Gasteiger partial charge in [-0.3, -0.25) is 10.3 Å². The molecule has 2 aromatic rings. The third kappa shape index (κ3) is 16.1. The van der Waals surface area contributed by atoms with E-state index in [9.17, 15) is 4.79 Å². The van der Waals surface area contributed by atoms with Crippen LogP contribution in [0.4, 0.5) is 5.69 Å². The van der Waals surface area contributed by atoms with Gasteiger partial charge in [-0.1, -0.05) is 114 Å². The van der Waals surface area contributed by atoms with Gasteiger partial charge < -0.3 is 5.11 Å². The molecule has 2 N–H and O–H groups in total. The fraction of sp³-hybridized carbons (Fsp3) is 0.519. The van der Waals surface area contributed by atoms with Crippen molar-refractivity contribution in [3.8, 4) is 0 Å². The Kier molecular flexibility index (Phi) is 16.9. The number of nitrogens with one attached hydrogen (secondary N) is 1. The summed E-state index contributed by atoms with van der Waals surface area (Å²) in [7, 11) is 0. The van der Waals surface area contributed by atoms with Crippen molar-refractivity contribution in [2.75, 3.05) is 12.1 Å². The zero-order valence-corrected chi connectivity index (χ0v) is 19.2. The van der Waals surface area contributed by atoms with E-state index in [1.54, 1.807) is 30.3 Å². The summed E-state index contributed by atoms with van der Waals surface area (Å²) in [6, 6.07) is 18.4. The van der Waals surface area contributed by atoms with Gasteiger partial charge in [-0.2, -0.15) is 0 Å². The molecule has 4 heteroatoms. The topological polar surface area (TPSA) is 58.6 Å². The molecule has 2 aromatic carbocycles. The van der Waals surface area contributed by atoms with Crippen molar-refractivity contribution < 1.29 is 14.7 Å². The third-order valence-electron chi connectivity index (χ3n) is 5.08. The van der Waals surface area contributed by atoms with E-state index in [4.69, 9.17) is 9.94 Å². The van der Waals surface area contributed by atoms with Gasteiger partial charge in [0.05, 0.1) is 17.9 Å². The van der Waals surface area contributed by atoms with Crippen molar-refractivity contribution in [2.45, 2.75) is 84.0 Å². The minimum absolute atomic E-state index is 0.331. The molecular formula is C27H41NO3. The SMILES string of the molecule is CCCCCCCCCCCCCCONc1ccccc1.O=C(O)c1ccccc1. The first-order valence-corrected chi connectivity index (χ1v) is 11.9. The van der Waals surface area contributed by atoms with Crippen LogP contribution in [0.2, 0.25) is 0 Å². The number of rotatable bonds is 16. The Morgan fingerprint density at radius 2 is 1.16 bits per heavy atom. The molecule has 172 valence electrons. The fourth-order valence-corrected chi connectivity index (χ4v) is 3.24. The predicted molar refractivity (Wildman–Crippen MR) is 130 cm³/mol. The highest BCUT2D eigenvalue weighted by molar-refractivity contribution is 5.87. The first-order chi connectivity index (χ1) is 15.2. The van der Waals surface area contributed by atoms with Crippen LogP contribution in [-0.2, 0) is 4.84 Å². The molecule has 2 rings (SSSR count). The van der Waals surface area contributed by atoms with E-state index < -0.39 is 5.97 Å². The fourth-order valence-electron chi connectivity index (χ4n) is 3.24. The number of benzene rings is 2. The van der Waals surface area contributed by atoms with Gasteiger partial charge in [0.1, 0.15) is 0 Å². The normalized spacial score (nSPS) is 10.2. The molecule has 0 heterocycles. The van der Waals surface area contributed by atoms with Crippen molar-refractivity contribution in [3.63, 3.8) is 0 Å². The van der Waals surface area contributed by atoms with Crippen LogP contribution >= 0.6 is 0 Å². The summed E-state index contributed by atoms with van der Waals surface area (Å²) in [5.41, 5.74) is 4.34. The third-order valence-corrected chi connectivity index (χ3v) is 5.08. The molecule has 0 aliphatic rings. The van der Waals surface area contributed by atoms with E-state index >= 15 is 0 Å². The van der Waals surface area contributed by atoms with Gasteiger partial charge in [0.2, 0.25) is 0 Å². The second kappa shape index (κ2) is 19.6. The number of aromatic carboxylic acids is 1. The van der Waals surface area contributed by atoms with Crippen LogP contribution in [0.5, 0.6) is 0 Å². The van der Waals surface area contributed by atoms with Gasteiger partial charge in [0, 0.05) is 0 Å². The molecule has 0 radical (unpaired) electrons. The average molecular weight is 428 g/mol. The van der Waals surface area contributed by atoms with E-state index in [2.05, 4.69) is 12.4 Å². The van der Waals surface area contributed by atoms with Crippen molar-refractivity contribution >= 4 is 11.7 Å². The average Bonchev–Trinajstić information content (AvgIpc) is 2.81. The van der Waals surface area contributed by atoms with E-state index in [0.29, 0.717) is 5.56 Å². The highest BCUT2D eigenvalue weighted by Crippen LogP contribution is 2.12. The Hall–Kier alpha value is -2.33. The molecule has 0 fully saturated rings. The highest BCUT2D eigenvalue weighted by Gasteiger charge is 1.97. The first-order valence-electron chi connectivity index (χ1n) is 11.9. The Labute approximate surface area is 189 Å². The monoisotopic (exact) mass is 427 g/mol. The molecule has 4 nitrogen and oxygen atoms in total. The smallest absolute Gasteiger partial charge is 0.335 e. The number of para-hydroxylation sites is 1. The molecule has 0 unspecified atom stereocenters. The summed E-state index contributed by atoms with van der Waals surface area (Å²) in [6.45, 7) is 3.08. The first kappa shape index (κ1) is 26.7. The number of anilines is 1. The lowest BCUT2D eigenvalue weighted by Crippen LogP contribution is -2.02. The summed E-state index contributed by atoms with van der Waals surface area (Å²) in [5, 5.41) is 8.38. The second-order valence-corrected chi connectivity index (χ2v) is 7.88. The summed E-state index contributed by atoms with van der Waals surface area (Å²) in [6.07, 6.45) is 16.6. The quantitative estimate of drug-likeness (QED) is 0.210. The molecule has 31 heavy (non-hydrogen) atoms. The van der Waals surface area contributed by atoms with Gasteiger partial charge >= 0.3 is 5.97 Å². The van der Waals surface area contributed by atoms with Gasteiger partial charge in [-0.05, 0) is 30.7 Å². The molecule has 0 atom stereocenters. The molecule has 0 aliphatic carbocycles. The van der Waals surface area contributed by atoms with Crippen molar-refractivity contribution in [2.24, 2.45) is 0 Å². The Balaban J connectivity index is 0.000000442. The molecule has 0 saturated carbocycles. The van der Waals surface area contributed by atoms with Gasteiger partial charge in [0.25, 0.3) is 0 Å². The number of carbonyl (C=O) groups is 1. The molecule has 0 saturated heterocycles. The van der Waals surface area contributed by atoms with Crippen molar-refractivity contribution in [1.82, 2.24) is 0 Å². The standard InChI is InChI=1S/C20H35NO.C7H6O2/c1-2-3-4-5-6-7-8-9-10-11-12-16-19-22-21-20-17-14-13-15-18-20;8-7(9)6-4-2-1-3-5-6/h13-15,17-18,21H,2-12,16,19H2,1H3;1-5H,(H,8,9). The van der Waals surface area contributed by atoms with Gasteiger partial charge in [0.15, 0.2) is 0 Å². The second-order valence-electron chi connectivity index (χ2n) is 7.88. The molecule has 0 amide bonds. The number of carboxylic acid groups (broad SMARTS) is 1. The summed E-state index contributed by atoms with van der Waals surface area (Å²) in [5.74, 6) is -0.879. The lowest BCUT2D eigenvalue weighted by molar-refractivity contribution is 0.0697. The van der Waals surface area contributed by atoms with E-state index in [-0.39, 0.29) is 0 Å². The number of hydrogen-bond donors (Lipinski definition) is 2.